The van der Waals surface area contributed by atoms with E-state index >= 15 is 0 Å². The van der Waals surface area contributed by atoms with E-state index < -0.39 is 0 Å². The van der Waals surface area contributed by atoms with Crippen molar-refractivity contribution in [2.45, 2.75) is 58.3 Å². The van der Waals surface area contributed by atoms with Crippen LogP contribution < -0.4 is 5.73 Å². The first-order valence-electron chi connectivity index (χ1n) is 12.0. The Hall–Kier alpha value is -1.95. The number of aromatic nitrogens is 3. The molecule has 2 aliphatic rings. The van der Waals surface area contributed by atoms with Crippen LogP contribution in [-0.4, -0.2) is 46.3 Å². The molecule has 1 aliphatic heterocycles. The van der Waals surface area contributed by atoms with Gasteiger partial charge in [-0.15, -0.1) is 0 Å². The molecule has 2 heterocycles. The van der Waals surface area contributed by atoms with Gasteiger partial charge in [0.1, 0.15) is 5.82 Å². The van der Waals surface area contributed by atoms with Gasteiger partial charge in [0, 0.05) is 12.1 Å². The molecule has 1 aliphatic carbocycles. The first-order chi connectivity index (χ1) is 15.6. The number of H-pyrrole nitrogens is 1. The van der Waals surface area contributed by atoms with Crippen LogP contribution in [0.1, 0.15) is 64.5 Å². The summed E-state index contributed by atoms with van der Waals surface area (Å²) in [5.41, 5.74) is 7.74. The summed E-state index contributed by atoms with van der Waals surface area (Å²) in [6.07, 6.45) is 15.4. The first-order valence-corrected chi connectivity index (χ1v) is 12.3. The first kappa shape index (κ1) is 26.3. The van der Waals surface area contributed by atoms with Crippen LogP contribution in [0.25, 0.3) is 5.57 Å². The number of hydrogen-bond donors (Lipinski definition) is 2. The van der Waals surface area contributed by atoms with Crippen molar-refractivity contribution in [1.29, 1.82) is 0 Å². The summed E-state index contributed by atoms with van der Waals surface area (Å²) in [4.78, 5) is 7.27. The third-order valence-corrected chi connectivity index (χ3v) is 6.61. The third-order valence-electron chi connectivity index (χ3n) is 6.25. The highest BCUT2D eigenvalue weighted by molar-refractivity contribution is 6.34. The number of hydrogen-bond acceptors (Lipinski definition) is 4. The zero-order chi connectivity index (χ0) is 23.6. The van der Waals surface area contributed by atoms with Gasteiger partial charge >= 0.3 is 0 Å². The molecule has 0 unspecified atom stereocenters. The molecule has 0 aromatic carbocycles. The third kappa shape index (κ3) is 6.31. The number of rotatable bonds is 10. The van der Waals surface area contributed by atoms with Gasteiger partial charge < -0.3 is 5.73 Å². The summed E-state index contributed by atoms with van der Waals surface area (Å²) in [5.74, 6) is 2.17. The predicted octanol–water partition coefficient (Wildman–Crippen LogP) is 5.75. The average molecular weight is 458 g/mol. The molecular weight excluding hydrogens is 418 g/mol. The molecule has 0 atom stereocenters. The van der Waals surface area contributed by atoms with Crippen molar-refractivity contribution >= 4 is 17.2 Å². The molecule has 3 N–H and O–H groups in total. The highest BCUT2D eigenvalue weighted by atomic mass is 35.5. The number of nitrogens with two attached hydrogens (primary N) is 1. The lowest BCUT2D eigenvalue weighted by Gasteiger charge is -2.30. The summed E-state index contributed by atoms with van der Waals surface area (Å²) in [6.45, 7) is 17.8. The molecule has 0 radical (unpaired) electrons. The second-order valence-corrected chi connectivity index (χ2v) is 8.62. The Bertz CT molecular complexity index is 836. The van der Waals surface area contributed by atoms with Gasteiger partial charge in [-0.2, -0.15) is 5.10 Å². The monoisotopic (exact) mass is 457 g/mol. The van der Waals surface area contributed by atoms with Crippen molar-refractivity contribution in [2.24, 2.45) is 11.7 Å². The Balaban J connectivity index is 0.00000176. The summed E-state index contributed by atoms with van der Waals surface area (Å²) in [6, 6.07) is 0. The molecule has 0 bridgehead atoms. The number of nitrogens with zero attached hydrogens (tertiary/aromatic N) is 3. The van der Waals surface area contributed by atoms with Gasteiger partial charge in [-0.05, 0) is 69.3 Å². The minimum Gasteiger partial charge on any atom is -0.330 e. The zero-order valence-corrected chi connectivity index (χ0v) is 20.8. The van der Waals surface area contributed by atoms with E-state index in [1.165, 1.54) is 18.4 Å². The van der Waals surface area contributed by atoms with E-state index in [1.807, 2.05) is 26.0 Å². The van der Waals surface area contributed by atoms with Crippen molar-refractivity contribution in [3.63, 3.8) is 0 Å². The fraction of sp³-hybridized carbons (Fsp3) is 0.538. The molecule has 1 aromatic rings. The molecule has 1 aromatic heterocycles. The highest BCUT2D eigenvalue weighted by Crippen LogP contribution is 2.53. The number of nitrogens with one attached hydrogen (secondary N) is 1. The van der Waals surface area contributed by atoms with Gasteiger partial charge in [0.2, 0.25) is 0 Å². The number of allylic oxidation sites excluding steroid dienone is 7. The largest absolute Gasteiger partial charge is 0.330 e. The van der Waals surface area contributed by atoms with E-state index in [9.17, 15) is 0 Å². The summed E-state index contributed by atoms with van der Waals surface area (Å²) >= 11 is 6.47. The Morgan fingerprint density at radius 3 is 2.47 bits per heavy atom. The van der Waals surface area contributed by atoms with Gasteiger partial charge in [0.05, 0.1) is 10.4 Å². The van der Waals surface area contributed by atoms with Gasteiger partial charge in [-0.1, -0.05) is 69.8 Å². The maximum atomic E-state index is 6.47. The molecule has 32 heavy (non-hydrogen) atoms. The van der Waals surface area contributed by atoms with Crippen LogP contribution in [0.3, 0.4) is 0 Å². The van der Waals surface area contributed by atoms with Crippen LogP contribution in [0, 0.1) is 5.92 Å². The Morgan fingerprint density at radius 1 is 1.25 bits per heavy atom. The summed E-state index contributed by atoms with van der Waals surface area (Å²) in [5, 5.41) is 8.20. The second-order valence-electron chi connectivity index (χ2n) is 8.21. The molecule has 2 fully saturated rings. The van der Waals surface area contributed by atoms with E-state index in [-0.39, 0.29) is 5.41 Å². The molecule has 3 rings (SSSR count). The van der Waals surface area contributed by atoms with Crippen LogP contribution in [0.15, 0.2) is 54.1 Å². The zero-order valence-electron chi connectivity index (χ0n) is 20.0. The van der Waals surface area contributed by atoms with Crippen LogP contribution >= 0.6 is 11.6 Å². The maximum absolute atomic E-state index is 6.47. The number of aromatic amines is 1. The van der Waals surface area contributed by atoms with Gasteiger partial charge in [-0.3, -0.25) is 10.00 Å². The number of halogens is 1. The van der Waals surface area contributed by atoms with Crippen molar-refractivity contribution in [2.75, 3.05) is 26.2 Å². The van der Waals surface area contributed by atoms with Crippen LogP contribution in [-0.2, 0) is 5.41 Å². The van der Waals surface area contributed by atoms with E-state index in [0.29, 0.717) is 16.8 Å². The maximum Gasteiger partial charge on any atom is 0.182 e. The van der Waals surface area contributed by atoms with E-state index in [1.54, 1.807) is 6.08 Å². The molecule has 1 saturated carbocycles. The van der Waals surface area contributed by atoms with Crippen LogP contribution in [0.5, 0.6) is 0 Å². The molecule has 0 amide bonds. The van der Waals surface area contributed by atoms with Crippen molar-refractivity contribution in [3.05, 3.63) is 65.8 Å². The Kier molecular flexibility index (Phi) is 10.6. The average Bonchev–Trinajstić information content (AvgIpc) is 3.50. The van der Waals surface area contributed by atoms with Crippen molar-refractivity contribution in [1.82, 2.24) is 20.1 Å². The quantitative estimate of drug-likeness (QED) is 0.439. The van der Waals surface area contributed by atoms with Crippen LogP contribution in [0.4, 0.5) is 0 Å². The SMILES string of the molecule is C=C/C(Cl)=C(\C=C/CN1CCC(CN)CC1)c1n[nH]c(C2(/C(C=C)=C/CC)CC2)n1.CC. The van der Waals surface area contributed by atoms with Gasteiger partial charge in [0.15, 0.2) is 5.82 Å². The van der Waals surface area contributed by atoms with Crippen LogP contribution in [0.2, 0.25) is 0 Å². The Morgan fingerprint density at radius 2 is 1.94 bits per heavy atom. The van der Waals surface area contributed by atoms with Gasteiger partial charge in [0.25, 0.3) is 0 Å². The minimum absolute atomic E-state index is 0.0776. The number of likely N-dealkylation sites (tertiary alicyclic amines) is 1. The van der Waals surface area contributed by atoms with E-state index in [0.717, 1.165) is 56.8 Å². The van der Waals surface area contributed by atoms with Crippen molar-refractivity contribution in [3.8, 4) is 0 Å². The summed E-state index contributed by atoms with van der Waals surface area (Å²) in [7, 11) is 0. The predicted molar refractivity (Wildman–Crippen MR) is 138 cm³/mol. The number of piperidine rings is 1. The molecule has 6 heteroatoms. The van der Waals surface area contributed by atoms with Gasteiger partial charge in [-0.25, -0.2) is 4.98 Å². The standard InChI is InChI=1S/C24H34ClN5.C2H6/c1-4-8-19(5-2)24(12-13-24)23-27-22(28-29-23)20(21(25)6-3)9-7-14-30-15-10-18(17-26)11-16-30;1-2/h5-9,18H,2-4,10-17,26H2,1H3,(H,27,28,29);1-2H3/b9-7-,19-8+,21-20-;. The van der Waals surface area contributed by atoms with E-state index in [4.69, 9.17) is 22.3 Å². The molecule has 1 saturated heterocycles. The lowest BCUT2D eigenvalue weighted by molar-refractivity contribution is 0.204. The highest BCUT2D eigenvalue weighted by Gasteiger charge is 2.49. The topological polar surface area (TPSA) is 70.8 Å². The molecular formula is C26H40ClN5. The summed E-state index contributed by atoms with van der Waals surface area (Å²) < 4.78 is 0. The van der Waals surface area contributed by atoms with Crippen molar-refractivity contribution < 1.29 is 0 Å². The fourth-order valence-electron chi connectivity index (χ4n) is 4.17. The molecule has 5 nitrogen and oxygen atoms in total. The second kappa shape index (κ2) is 12.9. The molecule has 176 valence electrons. The lowest BCUT2D eigenvalue weighted by Crippen LogP contribution is -2.36. The normalized spacial score (nSPS) is 19.8. The fourth-order valence-corrected chi connectivity index (χ4v) is 4.32. The molecule has 0 spiro atoms. The lowest BCUT2D eigenvalue weighted by atomic mass is 9.94. The Labute approximate surface area is 199 Å². The smallest absolute Gasteiger partial charge is 0.182 e. The minimum atomic E-state index is -0.0776. The van der Waals surface area contributed by atoms with E-state index in [2.05, 4.69) is 47.3 Å².